The monoisotopic (exact) mass is 338 g/mol. The molecule has 2 N–H and O–H groups in total. The van der Waals surface area contributed by atoms with Crippen molar-refractivity contribution >= 4 is 11.6 Å². The fourth-order valence-electron chi connectivity index (χ4n) is 3.64. The van der Waals surface area contributed by atoms with E-state index in [0.29, 0.717) is 12.2 Å². The largest absolute Gasteiger partial charge is 0.494 e. The van der Waals surface area contributed by atoms with Gasteiger partial charge in [0.25, 0.3) is 5.91 Å². The SMILES string of the molecule is CCOc1cc2c(c([C@@H]3NC(=O)c4c(C)cccc4N3)c1)O[C@@H](C)C2. The lowest BCUT2D eigenvalue weighted by molar-refractivity contribution is 0.0934. The summed E-state index contributed by atoms with van der Waals surface area (Å²) < 4.78 is 11.7. The van der Waals surface area contributed by atoms with Gasteiger partial charge in [0.2, 0.25) is 0 Å². The highest BCUT2D eigenvalue weighted by Crippen LogP contribution is 2.41. The Labute approximate surface area is 147 Å². The summed E-state index contributed by atoms with van der Waals surface area (Å²) in [6, 6.07) is 9.83. The highest BCUT2D eigenvalue weighted by atomic mass is 16.5. The van der Waals surface area contributed by atoms with Gasteiger partial charge in [-0.25, -0.2) is 0 Å². The molecule has 2 atom stereocenters. The van der Waals surface area contributed by atoms with Crippen molar-refractivity contribution in [2.24, 2.45) is 0 Å². The third-order valence-electron chi connectivity index (χ3n) is 4.69. The Morgan fingerprint density at radius 2 is 2.12 bits per heavy atom. The van der Waals surface area contributed by atoms with Gasteiger partial charge >= 0.3 is 0 Å². The van der Waals surface area contributed by atoms with E-state index in [2.05, 4.69) is 17.6 Å². The van der Waals surface area contributed by atoms with Crippen LogP contribution in [0.1, 0.15) is 47.1 Å². The summed E-state index contributed by atoms with van der Waals surface area (Å²) >= 11 is 0. The molecular formula is C20H22N2O3. The van der Waals surface area contributed by atoms with Crippen LogP contribution in [0.2, 0.25) is 0 Å². The zero-order valence-electron chi connectivity index (χ0n) is 14.7. The summed E-state index contributed by atoms with van der Waals surface area (Å²) in [7, 11) is 0. The third-order valence-corrected chi connectivity index (χ3v) is 4.69. The van der Waals surface area contributed by atoms with E-state index >= 15 is 0 Å². The molecule has 0 fully saturated rings. The molecule has 25 heavy (non-hydrogen) atoms. The van der Waals surface area contributed by atoms with Crippen molar-refractivity contribution < 1.29 is 14.3 Å². The summed E-state index contributed by atoms with van der Waals surface area (Å²) in [4.78, 5) is 12.6. The van der Waals surface area contributed by atoms with Crippen LogP contribution >= 0.6 is 0 Å². The van der Waals surface area contributed by atoms with Gasteiger partial charge < -0.3 is 20.1 Å². The Kier molecular flexibility index (Phi) is 3.79. The van der Waals surface area contributed by atoms with E-state index in [1.165, 1.54) is 0 Å². The number of aryl methyl sites for hydroxylation is 1. The molecule has 0 saturated carbocycles. The molecule has 0 radical (unpaired) electrons. The second-order valence-electron chi connectivity index (χ2n) is 6.61. The molecule has 4 rings (SSSR count). The number of amides is 1. The number of anilines is 1. The van der Waals surface area contributed by atoms with Crippen molar-refractivity contribution in [3.8, 4) is 11.5 Å². The van der Waals surface area contributed by atoms with E-state index in [1.54, 1.807) is 0 Å². The van der Waals surface area contributed by atoms with E-state index in [0.717, 1.165) is 40.3 Å². The van der Waals surface area contributed by atoms with Gasteiger partial charge in [0.15, 0.2) is 0 Å². The van der Waals surface area contributed by atoms with Crippen LogP contribution in [0.25, 0.3) is 0 Å². The van der Waals surface area contributed by atoms with Crippen LogP contribution in [0.5, 0.6) is 11.5 Å². The molecule has 0 spiro atoms. The Balaban J connectivity index is 1.77. The standard InChI is InChI=1S/C20H22N2O3/c1-4-24-14-9-13-8-12(3)25-18(13)15(10-14)19-21-16-7-5-6-11(2)17(16)20(23)22-19/h5-7,9-10,12,19,21H,4,8H2,1-3H3,(H,22,23)/t12-,19-/m0/s1. The van der Waals surface area contributed by atoms with Crippen molar-refractivity contribution in [3.05, 3.63) is 52.6 Å². The highest BCUT2D eigenvalue weighted by Gasteiger charge is 2.32. The van der Waals surface area contributed by atoms with Crippen molar-refractivity contribution in [2.45, 2.75) is 39.5 Å². The molecule has 2 aromatic rings. The first-order valence-electron chi connectivity index (χ1n) is 8.70. The quantitative estimate of drug-likeness (QED) is 0.898. The van der Waals surface area contributed by atoms with Crippen LogP contribution in [0, 0.1) is 6.92 Å². The molecule has 2 aromatic carbocycles. The van der Waals surface area contributed by atoms with Gasteiger partial charge in [0.05, 0.1) is 12.2 Å². The molecular weight excluding hydrogens is 316 g/mol. The van der Waals surface area contributed by atoms with Crippen LogP contribution in [0.3, 0.4) is 0 Å². The number of carbonyl (C=O) groups is 1. The maximum atomic E-state index is 12.6. The van der Waals surface area contributed by atoms with Gasteiger partial charge in [0.1, 0.15) is 23.8 Å². The van der Waals surface area contributed by atoms with Crippen molar-refractivity contribution in [3.63, 3.8) is 0 Å². The Morgan fingerprint density at radius 1 is 1.28 bits per heavy atom. The molecule has 0 aliphatic carbocycles. The number of ether oxygens (including phenoxy) is 2. The number of benzene rings is 2. The number of fused-ring (bicyclic) bond motifs is 2. The van der Waals surface area contributed by atoms with Gasteiger partial charge in [-0.05, 0) is 44.5 Å². The van der Waals surface area contributed by atoms with Gasteiger partial charge in [-0.2, -0.15) is 0 Å². The topological polar surface area (TPSA) is 59.6 Å². The molecule has 0 aromatic heterocycles. The van der Waals surface area contributed by atoms with E-state index in [-0.39, 0.29) is 18.2 Å². The normalized spacial score (nSPS) is 20.8. The Bertz CT molecular complexity index is 847. The Hall–Kier alpha value is -2.69. The summed E-state index contributed by atoms with van der Waals surface area (Å²) in [6.07, 6.45) is 0.625. The summed E-state index contributed by atoms with van der Waals surface area (Å²) in [6.45, 7) is 6.56. The summed E-state index contributed by atoms with van der Waals surface area (Å²) in [5.74, 6) is 1.59. The summed E-state index contributed by atoms with van der Waals surface area (Å²) in [5, 5.41) is 6.49. The molecule has 130 valence electrons. The average molecular weight is 338 g/mol. The lowest BCUT2D eigenvalue weighted by atomic mass is 9.99. The number of hydrogen-bond donors (Lipinski definition) is 2. The van der Waals surface area contributed by atoms with Gasteiger partial charge in [-0.3, -0.25) is 4.79 Å². The molecule has 2 heterocycles. The number of carbonyl (C=O) groups excluding carboxylic acids is 1. The fourth-order valence-corrected chi connectivity index (χ4v) is 3.64. The lowest BCUT2D eigenvalue weighted by Crippen LogP contribution is -2.39. The second kappa shape index (κ2) is 5.99. The molecule has 0 bridgehead atoms. The summed E-state index contributed by atoms with van der Waals surface area (Å²) in [5.41, 5.74) is 4.53. The van der Waals surface area contributed by atoms with Crippen molar-refractivity contribution in [1.29, 1.82) is 0 Å². The number of hydrogen-bond acceptors (Lipinski definition) is 4. The number of nitrogens with one attached hydrogen (secondary N) is 2. The first-order chi connectivity index (χ1) is 12.1. The maximum Gasteiger partial charge on any atom is 0.255 e. The minimum Gasteiger partial charge on any atom is -0.494 e. The van der Waals surface area contributed by atoms with Gasteiger partial charge in [-0.1, -0.05) is 12.1 Å². The van der Waals surface area contributed by atoms with Crippen LogP contribution in [-0.4, -0.2) is 18.6 Å². The maximum absolute atomic E-state index is 12.6. The van der Waals surface area contributed by atoms with Crippen molar-refractivity contribution in [2.75, 3.05) is 11.9 Å². The molecule has 5 nitrogen and oxygen atoms in total. The predicted octanol–water partition coefficient (Wildman–Crippen LogP) is 3.57. The zero-order chi connectivity index (χ0) is 17.6. The smallest absolute Gasteiger partial charge is 0.255 e. The zero-order valence-corrected chi connectivity index (χ0v) is 14.7. The molecule has 2 aliphatic heterocycles. The molecule has 0 saturated heterocycles. The van der Waals surface area contributed by atoms with E-state index in [9.17, 15) is 4.79 Å². The van der Waals surface area contributed by atoms with Crippen LogP contribution in [-0.2, 0) is 6.42 Å². The van der Waals surface area contributed by atoms with Crippen molar-refractivity contribution in [1.82, 2.24) is 5.32 Å². The molecule has 1 amide bonds. The minimum atomic E-state index is -0.346. The highest BCUT2D eigenvalue weighted by molar-refractivity contribution is 6.03. The third kappa shape index (κ3) is 2.69. The van der Waals surface area contributed by atoms with Gasteiger partial charge in [-0.15, -0.1) is 0 Å². The van der Waals surface area contributed by atoms with Gasteiger partial charge in [0, 0.05) is 23.2 Å². The predicted molar refractivity (Wildman–Crippen MR) is 96.4 cm³/mol. The first kappa shape index (κ1) is 15.8. The fraction of sp³-hybridized carbons (Fsp3) is 0.350. The molecule has 2 aliphatic rings. The van der Waals surface area contributed by atoms with Crippen LogP contribution < -0.4 is 20.1 Å². The molecule has 5 heteroatoms. The first-order valence-corrected chi connectivity index (χ1v) is 8.70. The van der Waals surface area contributed by atoms with Crippen LogP contribution in [0.4, 0.5) is 5.69 Å². The Morgan fingerprint density at radius 3 is 2.92 bits per heavy atom. The number of rotatable bonds is 3. The average Bonchev–Trinajstić information content (AvgIpc) is 2.94. The van der Waals surface area contributed by atoms with E-state index in [1.807, 2.05) is 44.2 Å². The van der Waals surface area contributed by atoms with E-state index in [4.69, 9.17) is 9.47 Å². The van der Waals surface area contributed by atoms with Crippen LogP contribution in [0.15, 0.2) is 30.3 Å². The minimum absolute atomic E-state index is 0.0709. The molecule has 0 unspecified atom stereocenters. The second-order valence-corrected chi connectivity index (χ2v) is 6.61. The van der Waals surface area contributed by atoms with E-state index < -0.39 is 0 Å². The lowest BCUT2D eigenvalue weighted by Gasteiger charge is -2.30.